The van der Waals surface area contributed by atoms with Crippen LogP contribution in [0.15, 0.2) is 46.9 Å². The van der Waals surface area contributed by atoms with E-state index in [-0.39, 0.29) is 12.1 Å². The van der Waals surface area contributed by atoms with Crippen molar-refractivity contribution in [3.8, 4) is 0 Å². The van der Waals surface area contributed by atoms with Crippen molar-refractivity contribution in [1.29, 1.82) is 0 Å². The van der Waals surface area contributed by atoms with E-state index in [4.69, 9.17) is 4.74 Å². The summed E-state index contributed by atoms with van der Waals surface area (Å²) >= 11 is 1.32. The zero-order valence-electron chi connectivity index (χ0n) is 17.0. The average molecular weight is 432 g/mol. The number of oxime groups is 1. The first kappa shape index (κ1) is 21.8. The molecule has 8 nitrogen and oxygen atoms in total. The van der Waals surface area contributed by atoms with Gasteiger partial charge in [-0.15, -0.1) is 11.3 Å². The highest BCUT2D eigenvalue weighted by atomic mass is 32.1. The Morgan fingerprint density at radius 3 is 2.57 bits per heavy atom. The second kappa shape index (κ2) is 8.85. The fourth-order valence-corrected chi connectivity index (χ4v) is 4.22. The number of benzene rings is 1. The lowest BCUT2D eigenvalue weighted by Gasteiger charge is -2.25. The van der Waals surface area contributed by atoms with Gasteiger partial charge in [-0.1, -0.05) is 35.5 Å². The van der Waals surface area contributed by atoms with Gasteiger partial charge in [0.1, 0.15) is 23.5 Å². The van der Waals surface area contributed by atoms with Crippen LogP contribution < -0.4 is 10.6 Å². The van der Waals surface area contributed by atoms with Crippen LogP contribution in [0, 0.1) is 0 Å². The highest BCUT2D eigenvalue weighted by molar-refractivity contribution is 7.12. The minimum Gasteiger partial charge on any atom is -0.444 e. The molecule has 2 amide bonds. The number of aliphatic hydroxyl groups excluding tert-OH is 1. The summed E-state index contributed by atoms with van der Waals surface area (Å²) in [5.41, 5.74) is 0.932. The molecule has 1 unspecified atom stereocenters. The summed E-state index contributed by atoms with van der Waals surface area (Å²) < 4.78 is 5.30. The van der Waals surface area contributed by atoms with Crippen LogP contribution in [0.2, 0.25) is 0 Å². The lowest BCUT2D eigenvalue weighted by Crippen LogP contribution is -2.51. The second-order valence-corrected chi connectivity index (χ2v) is 8.93. The molecule has 1 heterocycles. The molecule has 30 heavy (non-hydrogen) atoms. The number of carbonyl (C=O) groups excluding carboxylic acids is 2. The predicted octanol–water partition coefficient (Wildman–Crippen LogP) is 2.59. The maximum atomic E-state index is 13.1. The Kier molecular flexibility index (Phi) is 6.42. The average Bonchev–Trinajstić information content (AvgIpc) is 3.22. The van der Waals surface area contributed by atoms with Gasteiger partial charge in [-0.25, -0.2) is 4.79 Å². The molecule has 0 aliphatic heterocycles. The van der Waals surface area contributed by atoms with Crippen molar-refractivity contribution in [1.82, 2.24) is 10.6 Å². The maximum absolute atomic E-state index is 13.1. The minimum absolute atomic E-state index is 0.116. The number of hydrogen-bond acceptors (Lipinski definition) is 7. The van der Waals surface area contributed by atoms with E-state index in [2.05, 4.69) is 15.8 Å². The molecule has 2 aromatic rings. The Balaban J connectivity index is 1.79. The summed E-state index contributed by atoms with van der Waals surface area (Å²) in [6, 6.07) is 9.34. The Morgan fingerprint density at radius 2 is 1.93 bits per heavy atom. The van der Waals surface area contributed by atoms with E-state index in [1.807, 2.05) is 30.3 Å². The fraction of sp³-hybridized carbons (Fsp3) is 0.381. The first-order valence-electron chi connectivity index (χ1n) is 9.51. The smallest absolute Gasteiger partial charge is 0.408 e. The largest absolute Gasteiger partial charge is 0.444 e. The number of fused-ring (bicyclic) bond motifs is 1. The molecule has 3 rings (SSSR count). The Bertz CT molecular complexity index is 936. The number of nitrogens with zero attached hydrogens (tertiary/aromatic N) is 1. The van der Waals surface area contributed by atoms with Crippen molar-refractivity contribution >= 4 is 29.0 Å². The molecule has 160 valence electrons. The molecule has 0 spiro atoms. The Morgan fingerprint density at radius 1 is 1.23 bits per heavy atom. The summed E-state index contributed by atoms with van der Waals surface area (Å²) in [7, 11) is 0. The van der Waals surface area contributed by atoms with Crippen LogP contribution in [0.3, 0.4) is 0 Å². The van der Waals surface area contributed by atoms with Gasteiger partial charge in [0, 0.05) is 6.42 Å². The van der Waals surface area contributed by atoms with Gasteiger partial charge in [-0.2, -0.15) is 0 Å². The minimum atomic E-state index is -1.18. The van der Waals surface area contributed by atoms with Gasteiger partial charge in [-0.05, 0) is 43.3 Å². The molecule has 4 N–H and O–H groups in total. The predicted molar refractivity (Wildman–Crippen MR) is 113 cm³/mol. The third-order valence-corrected chi connectivity index (χ3v) is 5.51. The number of thiophene rings is 1. The quantitative estimate of drug-likeness (QED) is 0.428. The summed E-state index contributed by atoms with van der Waals surface area (Å²) in [6.45, 7) is 5.21. The van der Waals surface area contributed by atoms with E-state index in [0.29, 0.717) is 10.4 Å². The highest BCUT2D eigenvalue weighted by Crippen LogP contribution is 2.35. The zero-order valence-corrected chi connectivity index (χ0v) is 17.8. The van der Waals surface area contributed by atoms with E-state index >= 15 is 0 Å². The van der Waals surface area contributed by atoms with Crippen molar-refractivity contribution in [2.45, 2.75) is 51.0 Å². The van der Waals surface area contributed by atoms with Gasteiger partial charge in [-0.3, -0.25) is 4.79 Å². The van der Waals surface area contributed by atoms with E-state index in [0.717, 1.165) is 5.56 Å². The van der Waals surface area contributed by atoms with Gasteiger partial charge in [0.05, 0.1) is 10.9 Å². The van der Waals surface area contributed by atoms with E-state index < -0.39 is 35.8 Å². The molecule has 1 aromatic heterocycles. The number of nitrogens with one attached hydrogen (secondary N) is 2. The summed E-state index contributed by atoms with van der Waals surface area (Å²) in [5, 5.41) is 30.1. The molecule has 0 bridgehead atoms. The molecule has 0 saturated carbocycles. The summed E-state index contributed by atoms with van der Waals surface area (Å²) in [4.78, 5) is 26.0. The van der Waals surface area contributed by atoms with Crippen LogP contribution in [-0.2, 0) is 16.0 Å². The molecule has 0 fully saturated rings. The van der Waals surface area contributed by atoms with Gasteiger partial charge in [0.15, 0.2) is 0 Å². The van der Waals surface area contributed by atoms with Crippen LogP contribution in [-0.4, -0.2) is 45.8 Å². The molecule has 1 aliphatic carbocycles. The molecule has 0 radical (unpaired) electrons. The lowest BCUT2D eigenvalue weighted by atomic mass is 10.0. The van der Waals surface area contributed by atoms with Crippen LogP contribution in [0.25, 0.3) is 0 Å². The Labute approximate surface area is 178 Å². The molecule has 3 atom stereocenters. The number of amides is 2. The number of carbonyl (C=O) groups is 2. The van der Waals surface area contributed by atoms with Crippen molar-refractivity contribution in [2.24, 2.45) is 5.16 Å². The molecule has 9 heteroatoms. The summed E-state index contributed by atoms with van der Waals surface area (Å²) in [6.07, 6.45) is -1.65. The van der Waals surface area contributed by atoms with Gasteiger partial charge >= 0.3 is 6.09 Å². The molecule has 1 aromatic carbocycles. The Hall–Kier alpha value is -2.91. The monoisotopic (exact) mass is 431 g/mol. The number of aliphatic hydroxyl groups is 1. The second-order valence-electron chi connectivity index (χ2n) is 8.01. The number of alkyl carbamates (subject to hydrolysis) is 1. The fourth-order valence-electron chi connectivity index (χ4n) is 3.26. The zero-order chi connectivity index (χ0) is 21.9. The number of rotatable bonds is 5. The highest BCUT2D eigenvalue weighted by Gasteiger charge is 2.40. The van der Waals surface area contributed by atoms with E-state index in [1.165, 1.54) is 11.3 Å². The van der Waals surface area contributed by atoms with E-state index in [9.17, 15) is 19.9 Å². The van der Waals surface area contributed by atoms with Crippen LogP contribution in [0.4, 0.5) is 4.79 Å². The standard InChI is InChI=1S/C21H25N3O5S/c1-21(2,3)29-20(27)22-14(11-12-7-5-4-6-8-12)19(26)23-15-13-9-10-30-18(13)16(24-28)17(15)25/h4-10,14-15,17,25,28H,11H2,1-3H3,(H,22,27)(H,23,26)/b24-16+/t14?,15-,17-/m0/s1. The van der Waals surface area contributed by atoms with E-state index in [1.54, 1.807) is 32.2 Å². The normalized spacial score (nSPS) is 20.5. The van der Waals surface area contributed by atoms with Crippen molar-refractivity contribution in [2.75, 3.05) is 0 Å². The SMILES string of the molecule is CC(C)(C)OC(=O)NC(Cc1ccccc1)C(=O)N[C@H]1c2ccsc2/C(=N/O)[C@H]1O. The van der Waals surface area contributed by atoms with Gasteiger partial charge < -0.3 is 25.7 Å². The molecular formula is C21H25N3O5S. The molecule has 1 aliphatic rings. The topological polar surface area (TPSA) is 120 Å². The van der Waals surface area contributed by atoms with Crippen molar-refractivity contribution in [3.05, 3.63) is 57.8 Å². The lowest BCUT2D eigenvalue weighted by molar-refractivity contribution is -0.124. The van der Waals surface area contributed by atoms with Crippen LogP contribution in [0.1, 0.15) is 42.8 Å². The maximum Gasteiger partial charge on any atom is 0.408 e. The first-order chi connectivity index (χ1) is 14.2. The van der Waals surface area contributed by atoms with Crippen LogP contribution in [0.5, 0.6) is 0 Å². The molecule has 0 saturated heterocycles. The first-order valence-corrected chi connectivity index (χ1v) is 10.4. The molecular weight excluding hydrogens is 406 g/mol. The summed E-state index contributed by atoms with van der Waals surface area (Å²) in [5.74, 6) is -0.481. The third-order valence-electron chi connectivity index (χ3n) is 4.55. The van der Waals surface area contributed by atoms with Crippen molar-refractivity contribution in [3.63, 3.8) is 0 Å². The van der Waals surface area contributed by atoms with Gasteiger partial charge in [0.2, 0.25) is 5.91 Å². The van der Waals surface area contributed by atoms with Gasteiger partial charge in [0.25, 0.3) is 0 Å². The third kappa shape index (κ3) is 4.98. The number of hydrogen-bond donors (Lipinski definition) is 4. The van der Waals surface area contributed by atoms with Crippen LogP contribution >= 0.6 is 11.3 Å². The number of ether oxygens (including phenoxy) is 1. The van der Waals surface area contributed by atoms with Crippen molar-refractivity contribution < 1.29 is 24.6 Å².